The molecule has 0 atom stereocenters. The Kier molecular flexibility index (Phi) is 4.56. The number of halogens is 3. The van der Waals surface area contributed by atoms with E-state index in [-0.39, 0.29) is 5.56 Å². The Bertz CT molecular complexity index is 600. The third kappa shape index (κ3) is 4.00. The lowest BCUT2D eigenvalue weighted by atomic mass is 9.99. The van der Waals surface area contributed by atoms with E-state index in [9.17, 15) is 13.2 Å². The highest BCUT2D eigenvalue weighted by Crippen LogP contribution is 2.32. The van der Waals surface area contributed by atoms with Crippen molar-refractivity contribution in [3.05, 3.63) is 64.7 Å². The molecule has 0 fully saturated rings. The standard InChI is InChI=1S/C17H17F3O/c1-3-21-15-7-4-13(5-8-15)11-14-6-9-16(12(2)10-14)17(18,19)20/h4-10H,3,11H2,1-2H3. The molecule has 0 heterocycles. The summed E-state index contributed by atoms with van der Waals surface area (Å²) in [4.78, 5) is 0. The van der Waals surface area contributed by atoms with Gasteiger partial charge in [0.15, 0.2) is 0 Å². The third-order valence-electron chi connectivity index (χ3n) is 3.24. The summed E-state index contributed by atoms with van der Waals surface area (Å²) in [5.74, 6) is 0.796. The highest BCUT2D eigenvalue weighted by molar-refractivity contribution is 5.37. The minimum absolute atomic E-state index is 0.255. The predicted molar refractivity (Wildman–Crippen MR) is 76.6 cm³/mol. The van der Waals surface area contributed by atoms with E-state index < -0.39 is 11.7 Å². The predicted octanol–water partition coefficient (Wildman–Crippen LogP) is 5.00. The van der Waals surface area contributed by atoms with Gasteiger partial charge in [0.2, 0.25) is 0 Å². The van der Waals surface area contributed by atoms with Crippen LogP contribution in [0.25, 0.3) is 0 Å². The van der Waals surface area contributed by atoms with E-state index >= 15 is 0 Å². The van der Waals surface area contributed by atoms with Crippen LogP contribution < -0.4 is 4.74 Å². The van der Waals surface area contributed by atoms with Crippen LogP contribution in [0.5, 0.6) is 5.75 Å². The highest BCUT2D eigenvalue weighted by atomic mass is 19.4. The largest absolute Gasteiger partial charge is 0.494 e. The second-order valence-corrected chi connectivity index (χ2v) is 4.90. The molecule has 0 radical (unpaired) electrons. The minimum Gasteiger partial charge on any atom is -0.494 e. The molecule has 4 heteroatoms. The van der Waals surface area contributed by atoms with E-state index in [0.29, 0.717) is 13.0 Å². The van der Waals surface area contributed by atoms with Gasteiger partial charge in [-0.1, -0.05) is 24.3 Å². The smallest absolute Gasteiger partial charge is 0.416 e. The van der Waals surface area contributed by atoms with Crippen molar-refractivity contribution in [3.8, 4) is 5.75 Å². The van der Waals surface area contributed by atoms with Crippen molar-refractivity contribution in [2.24, 2.45) is 0 Å². The van der Waals surface area contributed by atoms with Crippen LogP contribution in [0.4, 0.5) is 13.2 Å². The number of aryl methyl sites for hydroxylation is 1. The summed E-state index contributed by atoms with van der Waals surface area (Å²) in [5, 5.41) is 0. The maximum atomic E-state index is 12.7. The Morgan fingerprint density at radius 1 is 0.952 bits per heavy atom. The summed E-state index contributed by atoms with van der Waals surface area (Å²) in [6.07, 6.45) is -3.69. The number of rotatable bonds is 4. The van der Waals surface area contributed by atoms with Gasteiger partial charge in [-0.05, 0) is 55.2 Å². The molecule has 0 saturated carbocycles. The Morgan fingerprint density at radius 3 is 2.10 bits per heavy atom. The minimum atomic E-state index is -4.29. The molecule has 0 aromatic heterocycles. The molecule has 0 aliphatic rings. The lowest BCUT2D eigenvalue weighted by Gasteiger charge is -2.12. The first-order valence-corrected chi connectivity index (χ1v) is 6.78. The molecule has 0 amide bonds. The van der Waals surface area contributed by atoms with E-state index in [1.54, 1.807) is 6.07 Å². The second kappa shape index (κ2) is 6.20. The number of benzene rings is 2. The molecule has 1 nitrogen and oxygen atoms in total. The second-order valence-electron chi connectivity index (χ2n) is 4.90. The highest BCUT2D eigenvalue weighted by Gasteiger charge is 2.32. The van der Waals surface area contributed by atoms with Crippen LogP contribution in [-0.4, -0.2) is 6.61 Å². The van der Waals surface area contributed by atoms with Crippen molar-refractivity contribution in [2.75, 3.05) is 6.61 Å². The van der Waals surface area contributed by atoms with Crippen molar-refractivity contribution in [2.45, 2.75) is 26.4 Å². The molecule has 112 valence electrons. The van der Waals surface area contributed by atoms with Gasteiger partial charge in [0, 0.05) is 0 Å². The Labute approximate surface area is 122 Å². The maximum Gasteiger partial charge on any atom is 0.416 e. The van der Waals surface area contributed by atoms with E-state index in [1.165, 1.54) is 13.0 Å². The first-order chi connectivity index (χ1) is 9.90. The average Bonchev–Trinajstić information content (AvgIpc) is 2.40. The fourth-order valence-electron chi connectivity index (χ4n) is 2.26. The quantitative estimate of drug-likeness (QED) is 0.770. The summed E-state index contributed by atoms with van der Waals surface area (Å²) in [5.41, 5.74) is 1.59. The van der Waals surface area contributed by atoms with Gasteiger partial charge in [-0.15, -0.1) is 0 Å². The topological polar surface area (TPSA) is 9.23 Å². The van der Waals surface area contributed by atoms with Crippen molar-refractivity contribution < 1.29 is 17.9 Å². The van der Waals surface area contributed by atoms with Crippen molar-refractivity contribution in [1.29, 1.82) is 0 Å². The molecule has 21 heavy (non-hydrogen) atoms. The van der Waals surface area contributed by atoms with Crippen molar-refractivity contribution in [1.82, 2.24) is 0 Å². The number of alkyl halides is 3. The number of hydrogen-bond acceptors (Lipinski definition) is 1. The van der Waals surface area contributed by atoms with Crippen molar-refractivity contribution in [3.63, 3.8) is 0 Å². The molecule has 0 N–H and O–H groups in total. The maximum absolute atomic E-state index is 12.7. The molecule has 0 unspecified atom stereocenters. The molecule has 2 aromatic carbocycles. The van der Waals surface area contributed by atoms with Gasteiger partial charge in [-0.2, -0.15) is 13.2 Å². The SMILES string of the molecule is CCOc1ccc(Cc2ccc(C(F)(F)F)c(C)c2)cc1. The van der Waals surface area contributed by atoms with Crippen LogP contribution in [0.2, 0.25) is 0 Å². The average molecular weight is 294 g/mol. The summed E-state index contributed by atoms with van der Waals surface area (Å²) in [6, 6.07) is 11.9. The summed E-state index contributed by atoms with van der Waals surface area (Å²) in [6.45, 7) is 4.01. The monoisotopic (exact) mass is 294 g/mol. The van der Waals surface area contributed by atoms with Gasteiger partial charge < -0.3 is 4.74 Å². The molecule has 2 aromatic rings. The van der Waals surface area contributed by atoms with Gasteiger partial charge in [0.05, 0.1) is 12.2 Å². The normalized spacial score (nSPS) is 11.5. The molecule has 2 rings (SSSR count). The first-order valence-electron chi connectivity index (χ1n) is 6.78. The lowest BCUT2D eigenvalue weighted by molar-refractivity contribution is -0.138. The lowest BCUT2D eigenvalue weighted by Crippen LogP contribution is -2.07. The van der Waals surface area contributed by atoms with Crippen LogP contribution in [-0.2, 0) is 12.6 Å². The fourth-order valence-corrected chi connectivity index (χ4v) is 2.26. The number of hydrogen-bond donors (Lipinski definition) is 0. The Balaban J connectivity index is 2.15. The fraction of sp³-hybridized carbons (Fsp3) is 0.294. The molecule has 0 aliphatic carbocycles. The van der Waals surface area contributed by atoms with Crippen LogP contribution in [0, 0.1) is 6.92 Å². The van der Waals surface area contributed by atoms with Gasteiger partial charge in [0.1, 0.15) is 5.75 Å². The Hall–Kier alpha value is -1.97. The van der Waals surface area contributed by atoms with Crippen LogP contribution in [0.15, 0.2) is 42.5 Å². The van der Waals surface area contributed by atoms with Crippen molar-refractivity contribution >= 4 is 0 Å². The van der Waals surface area contributed by atoms with Gasteiger partial charge in [-0.3, -0.25) is 0 Å². The molecule has 0 saturated heterocycles. The zero-order chi connectivity index (χ0) is 15.5. The van der Waals surface area contributed by atoms with Gasteiger partial charge in [0.25, 0.3) is 0 Å². The molecule has 0 spiro atoms. The van der Waals surface area contributed by atoms with Crippen LogP contribution in [0.1, 0.15) is 29.2 Å². The van der Waals surface area contributed by atoms with Crippen LogP contribution >= 0.6 is 0 Å². The zero-order valence-electron chi connectivity index (χ0n) is 12.0. The summed E-state index contributed by atoms with van der Waals surface area (Å²) in [7, 11) is 0. The molecule has 0 aliphatic heterocycles. The summed E-state index contributed by atoms with van der Waals surface area (Å²) < 4.78 is 43.5. The van der Waals surface area contributed by atoms with Gasteiger partial charge >= 0.3 is 6.18 Å². The third-order valence-corrected chi connectivity index (χ3v) is 3.24. The van der Waals surface area contributed by atoms with Crippen LogP contribution in [0.3, 0.4) is 0 Å². The molecule has 0 bridgehead atoms. The van der Waals surface area contributed by atoms with E-state index in [2.05, 4.69) is 0 Å². The zero-order valence-corrected chi connectivity index (χ0v) is 12.0. The van der Waals surface area contributed by atoms with E-state index in [0.717, 1.165) is 22.9 Å². The number of ether oxygens (including phenoxy) is 1. The molecular weight excluding hydrogens is 277 g/mol. The van der Waals surface area contributed by atoms with Gasteiger partial charge in [-0.25, -0.2) is 0 Å². The summed E-state index contributed by atoms with van der Waals surface area (Å²) >= 11 is 0. The van der Waals surface area contributed by atoms with E-state index in [4.69, 9.17) is 4.74 Å². The van der Waals surface area contributed by atoms with E-state index in [1.807, 2.05) is 31.2 Å². The molecular formula is C17H17F3O. The first kappa shape index (κ1) is 15.4. The Morgan fingerprint density at radius 2 is 1.57 bits per heavy atom.